The number of nitrogens with zero attached hydrogens (tertiary/aromatic N) is 1. The van der Waals surface area contributed by atoms with Gasteiger partial charge in [-0.05, 0) is 13.8 Å². The van der Waals surface area contributed by atoms with Crippen molar-refractivity contribution in [2.45, 2.75) is 51.7 Å². The number of carbonyl (C=O) groups excluding carboxylic acids is 1. The zero-order chi connectivity index (χ0) is 16.5. The summed E-state index contributed by atoms with van der Waals surface area (Å²) in [6.45, 7) is 10.4. The molecule has 1 aromatic rings. The number of anilines is 1. The fourth-order valence-electron chi connectivity index (χ4n) is 1.45. The van der Waals surface area contributed by atoms with Crippen LogP contribution in [0.3, 0.4) is 0 Å². The van der Waals surface area contributed by atoms with E-state index in [2.05, 4.69) is 15.2 Å². The predicted molar refractivity (Wildman–Crippen MR) is 80.5 cm³/mol. The van der Waals surface area contributed by atoms with Gasteiger partial charge in [-0.1, -0.05) is 32.9 Å². The highest BCUT2D eigenvalue weighted by atomic mass is 32.2. The number of hydrogen-bond acceptors (Lipinski definition) is 5. The summed E-state index contributed by atoms with van der Waals surface area (Å²) in [4.78, 5) is 12.2. The van der Waals surface area contributed by atoms with Crippen molar-refractivity contribution in [3.8, 4) is 0 Å². The minimum atomic E-state index is -3.77. The molecule has 21 heavy (non-hydrogen) atoms. The van der Waals surface area contributed by atoms with Gasteiger partial charge in [0, 0.05) is 18.0 Å². The highest BCUT2D eigenvalue weighted by Gasteiger charge is 2.41. The van der Waals surface area contributed by atoms with Crippen LogP contribution in [0.2, 0.25) is 0 Å². The molecule has 0 unspecified atom stereocenters. The second-order valence-electron chi connectivity index (χ2n) is 6.29. The first-order chi connectivity index (χ1) is 9.41. The molecule has 8 heteroatoms. The molecule has 1 heterocycles. The van der Waals surface area contributed by atoms with Crippen LogP contribution >= 0.6 is 0 Å². The van der Waals surface area contributed by atoms with E-state index in [9.17, 15) is 13.2 Å². The maximum atomic E-state index is 12.2. The van der Waals surface area contributed by atoms with Gasteiger partial charge in [0.1, 0.15) is 5.76 Å². The lowest BCUT2D eigenvalue weighted by molar-refractivity contribution is -0.117. The van der Waals surface area contributed by atoms with Gasteiger partial charge in [-0.25, -0.2) is 13.1 Å². The van der Waals surface area contributed by atoms with Crippen molar-refractivity contribution in [2.24, 2.45) is 0 Å². The van der Waals surface area contributed by atoms with Crippen LogP contribution in [0.15, 0.2) is 10.6 Å². The van der Waals surface area contributed by atoms with E-state index in [1.54, 1.807) is 13.0 Å². The molecule has 0 radical (unpaired) electrons. The summed E-state index contributed by atoms with van der Waals surface area (Å²) in [6.07, 6.45) is 0. The molecular weight excluding hydrogens is 294 g/mol. The Labute approximate surface area is 125 Å². The molecule has 0 atom stereocenters. The zero-order valence-corrected chi connectivity index (χ0v) is 14.1. The molecule has 0 spiro atoms. The van der Waals surface area contributed by atoms with E-state index in [0.717, 1.165) is 0 Å². The highest BCUT2D eigenvalue weighted by Crippen LogP contribution is 2.25. The molecule has 1 aromatic heterocycles. The molecule has 1 rings (SSSR count). The minimum absolute atomic E-state index is 0.199. The van der Waals surface area contributed by atoms with Gasteiger partial charge in [0.15, 0.2) is 10.6 Å². The van der Waals surface area contributed by atoms with E-state index in [1.165, 1.54) is 13.8 Å². The van der Waals surface area contributed by atoms with Gasteiger partial charge in [-0.2, -0.15) is 0 Å². The molecule has 0 aliphatic heterocycles. The first-order valence-electron chi connectivity index (χ1n) is 6.69. The van der Waals surface area contributed by atoms with Crippen LogP contribution in [0.25, 0.3) is 0 Å². The Morgan fingerprint density at radius 2 is 1.86 bits per heavy atom. The average Bonchev–Trinajstić information content (AvgIpc) is 2.76. The summed E-state index contributed by atoms with van der Waals surface area (Å²) in [6, 6.07) is 1.59. The topological polar surface area (TPSA) is 101 Å². The van der Waals surface area contributed by atoms with Gasteiger partial charge in [0.25, 0.3) is 0 Å². The van der Waals surface area contributed by atoms with Gasteiger partial charge in [-0.3, -0.25) is 4.79 Å². The Bertz CT molecular complexity index is 612. The summed E-state index contributed by atoms with van der Waals surface area (Å²) < 4.78 is 29.9. The van der Waals surface area contributed by atoms with E-state index >= 15 is 0 Å². The summed E-state index contributed by atoms with van der Waals surface area (Å²) in [7, 11) is -3.77. The lowest BCUT2D eigenvalue weighted by Gasteiger charge is -2.22. The summed E-state index contributed by atoms with van der Waals surface area (Å²) in [5, 5.41) is 6.22. The number of hydrogen-bond donors (Lipinski definition) is 2. The Kier molecular flexibility index (Phi) is 4.84. The fraction of sp³-hybridized carbons (Fsp3) is 0.692. The molecule has 7 nitrogen and oxygen atoms in total. The molecule has 0 fully saturated rings. The van der Waals surface area contributed by atoms with E-state index in [4.69, 9.17) is 4.52 Å². The van der Waals surface area contributed by atoms with E-state index in [0.29, 0.717) is 5.76 Å². The van der Waals surface area contributed by atoms with E-state index < -0.39 is 20.7 Å². The van der Waals surface area contributed by atoms with Crippen LogP contribution in [0.1, 0.15) is 47.3 Å². The van der Waals surface area contributed by atoms with Crippen molar-refractivity contribution in [2.75, 3.05) is 11.9 Å². The minimum Gasteiger partial charge on any atom is -0.359 e. The quantitative estimate of drug-likeness (QED) is 0.859. The van der Waals surface area contributed by atoms with Crippen LogP contribution in [0.5, 0.6) is 0 Å². The number of rotatable bonds is 5. The maximum Gasteiger partial charge on any atom is 0.247 e. The molecule has 0 aromatic carbocycles. The third kappa shape index (κ3) is 3.82. The van der Waals surface area contributed by atoms with Crippen molar-refractivity contribution < 1.29 is 17.7 Å². The normalized spacial score (nSPS) is 13.2. The van der Waals surface area contributed by atoms with Crippen molar-refractivity contribution in [3.05, 3.63) is 11.8 Å². The van der Waals surface area contributed by atoms with Gasteiger partial charge < -0.3 is 9.84 Å². The monoisotopic (exact) mass is 317 g/mol. The average molecular weight is 317 g/mol. The SMILES string of the molecule is CCNS(=O)(=O)C(C)(C)C(=O)Nc1cc(C(C)(C)C)on1. The van der Waals surface area contributed by atoms with Crippen LogP contribution in [0, 0.1) is 0 Å². The molecule has 1 amide bonds. The van der Waals surface area contributed by atoms with Crippen molar-refractivity contribution in [1.29, 1.82) is 0 Å². The van der Waals surface area contributed by atoms with Crippen LogP contribution in [0.4, 0.5) is 5.82 Å². The number of aromatic nitrogens is 1. The molecule has 0 saturated heterocycles. The molecule has 0 saturated carbocycles. The van der Waals surface area contributed by atoms with Crippen LogP contribution in [-0.2, 0) is 20.2 Å². The third-order valence-corrected chi connectivity index (χ3v) is 5.24. The Morgan fingerprint density at radius 3 is 2.29 bits per heavy atom. The summed E-state index contributed by atoms with van der Waals surface area (Å²) in [5.41, 5.74) is -0.249. The lowest BCUT2D eigenvalue weighted by atomic mass is 9.93. The Morgan fingerprint density at radius 1 is 1.29 bits per heavy atom. The van der Waals surface area contributed by atoms with Gasteiger partial charge in [-0.15, -0.1) is 0 Å². The Balaban J connectivity index is 2.93. The van der Waals surface area contributed by atoms with E-state index in [1.807, 2.05) is 20.8 Å². The smallest absolute Gasteiger partial charge is 0.247 e. The van der Waals surface area contributed by atoms with Crippen molar-refractivity contribution in [1.82, 2.24) is 9.88 Å². The predicted octanol–water partition coefficient (Wildman–Crippen LogP) is 1.63. The van der Waals surface area contributed by atoms with Crippen LogP contribution in [-0.4, -0.2) is 30.8 Å². The van der Waals surface area contributed by atoms with Gasteiger partial charge in [0.05, 0.1) is 0 Å². The second kappa shape index (κ2) is 5.76. The third-order valence-electron chi connectivity index (χ3n) is 3.04. The van der Waals surface area contributed by atoms with E-state index in [-0.39, 0.29) is 17.8 Å². The van der Waals surface area contributed by atoms with Crippen molar-refractivity contribution >= 4 is 21.7 Å². The van der Waals surface area contributed by atoms with Gasteiger partial charge >= 0.3 is 0 Å². The number of sulfonamides is 1. The van der Waals surface area contributed by atoms with Crippen LogP contribution < -0.4 is 10.0 Å². The molecule has 0 bridgehead atoms. The molecule has 2 N–H and O–H groups in total. The van der Waals surface area contributed by atoms with Crippen molar-refractivity contribution in [3.63, 3.8) is 0 Å². The first-order valence-corrected chi connectivity index (χ1v) is 8.18. The lowest BCUT2D eigenvalue weighted by Crippen LogP contribution is -2.50. The second-order valence-corrected chi connectivity index (χ2v) is 8.61. The molecule has 0 aliphatic rings. The molecule has 0 aliphatic carbocycles. The fourth-order valence-corrected chi connectivity index (χ4v) is 2.48. The molecular formula is C13H23N3O4S. The Hall–Kier alpha value is -1.41. The summed E-state index contributed by atoms with van der Waals surface area (Å²) >= 11 is 0. The number of nitrogens with one attached hydrogen (secondary N) is 2. The number of amides is 1. The standard InChI is InChI=1S/C13H23N3O4S/c1-7-14-21(18,19)13(5,6)11(17)15-10-8-9(20-16-10)12(2,3)4/h8,14H,7H2,1-6H3,(H,15,16,17). The summed E-state index contributed by atoms with van der Waals surface area (Å²) in [5.74, 6) is 0.132. The first kappa shape index (κ1) is 17.6. The van der Waals surface area contributed by atoms with Gasteiger partial charge in [0.2, 0.25) is 15.9 Å². The number of carbonyl (C=O) groups is 1. The largest absolute Gasteiger partial charge is 0.359 e. The zero-order valence-electron chi connectivity index (χ0n) is 13.3. The highest BCUT2D eigenvalue weighted by molar-refractivity contribution is 7.91. The maximum absolute atomic E-state index is 12.2. The molecule has 120 valence electrons.